The first-order valence-corrected chi connectivity index (χ1v) is 4.86. The molecule has 4 nitrogen and oxygen atoms in total. The van der Waals surface area contributed by atoms with Crippen LogP contribution < -0.4 is 5.32 Å². The molecule has 0 bridgehead atoms. The third-order valence-electron chi connectivity index (χ3n) is 1.72. The molecule has 72 valence electrons. The lowest BCUT2D eigenvalue weighted by Gasteiger charge is -2.04. The van der Waals surface area contributed by atoms with Gasteiger partial charge in [-0.1, -0.05) is 0 Å². The van der Waals surface area contributed by atoms with E-state index < -0.39 is 0 Å². The molecule has 0 aromatic carbocycles. The van der Waals surface area contributed by atoms with Gasteiger partial charge in [0.2, 0.25) is 0 Å². The summed E-state index contributed by atoms with van der Waals surface area (Å²) in [4.78, 5) is 7.97. The van der Waals surface area contributed by atoms with Crippen molar-refractivity contribution in [1.29, 1.82) is 0 Å². The number of oxazole rings is 1. The zero-order chi connectivity index (χ0) is 9.80. The largest absolute Gasteiger partial charge is 0.451 e. The van der Waals surface area contributed by atoms with Crippen molar-refractivity contribution in [3.8, 4) is 0 Å². The first kappa shape index (κ1) is 9.21. The lowest BCUT2D eigenvalue weighted by molar-refractivity contribution is 0.556. The molecule has 0 aliphatic heterocycles. The molecule has 1 N–H and O–H groups in total. The topological polar surface area (TPSA) is 51.0 Å². The number of pyridine rings is 1. The van der Waals surface area contributed by atoms with Gasteiger partial charge >= 0.3 is 0 Å². The van der Waals surface area contributed by atoms with E-state index >= 15 is 0 Å². The van der Waals surface area contributed by atoms with Crippen LogP contribution in [0.15, 0.2) is 40.0 Å². The van der Waals surface area contributed by atoms with Gasteiger partial charge in [-0.2, -0.15) is 0 Å². The van der Waals surface area contributed by atoms with Crippen LogP contribution in [0.4, 0.5) is 5.69 Å². The first-order valence-electron chi connectivity index (χ1n) is 4.07. The van der Waals surface area contributed by atoms with E-state index in [0.717, 1.165) is 15.9 Å². The van der Waals surface area contributed by atoms with Gasteiger partial charge in [0, 0.05) is 12.4 Å². The van der Waals surface area contributed by atoms with E-state index in [-0.39, 0.29) is 0 Å². The Morgan fingerprint density at radius 2 is 2.43 bits per heavy atom. The maximum absolute atomic E-state index is 4.86. The van der Waals surface area contributed by atoms with Gasteiger partial charge in [-0.05, 0) is 22.0 Å². The summed E-state index contributed by atoms with van der Waals surface area (Å²) >= 11 is 3.39. The predicted molar refractivity (Wildman–Crippen MR) is 55.8 cm³/mol. The summed E-state index contributed by atoms with van der Waals surface area (Å²) in [5.74, 6) is 0. The van der Waals surface area contributed by atoms with Crippen molar-refractivity contribution in [1.82, 2.24) is 9.97 Å². The quantitative estimate of drug-likeness (QED) is 0.913. The Hall–Kier alpha value is -1.36. The van der Waals surface area contributed by atoms with Crippen molar-refractivity contribution >= 4 is 21.6 Å². The summed E-state index contributed by atoms with van der Waals surface area (Å²) in [7, 11) is 0. The highest BCUT2D eigenvalue weighted by atomic mass is 79.9. The van der Waals surface area contributed by atoms with Crippen LogP contribution in [0.2, 0.25) is 0 Å². The fourth-order valence-corrected chi connectivity index (χ4v) is 1.42. The van der Waals surface area contributed by atoms with Crippen LogP contribution in [0.5, 0.6) is 0 Å². The van der Waals surface area contributed by atoms with Crippen LogP contribution in [0.25, 0.3) is 0 Å². The van der Waals surface area contributed by atoms with Gasteiger partial charge in [0.25, 0.3) is 0 Å². The molecule has 0 saturated heterocycles. The Kier molecular flexibility index (Phi) is 2.78. The lowest BCUT2D eigenvalue weighted by Crippen LogP contribution is -2.00. The monoisotopic (exact) mass is 253 g/mol. The number of rotatable bonds is 3. The minimum Gasteiger partial charge on any atom is -0.451 e. The highest BCUT2D eigenvalue weighted by molar-refractivity contribution is 9.10. The normalized spacial score (nSPS) is 10.1. The van der Waals surface area contributed by atoms with Crippen molar-refractivity contribution in [2.24, 2.45) is 0 Å². The number of nitrogens with one attached hydrogen (secondary N) is 1. The van der Waals surface area contributed by atoms with E-state index in [4.69, 9.17) is 4.42 Å². The summed E-state index contributed by atoms with van der Waals surface area (Å²) in [6, 6.07) is 1.89. The van der Waals surface area contributed by atoms with Gasteiger partial charge in [-0.3, -0.25) is 4.98 Å². The molecule has 0 aliphatic carbocycles. The van der Waals surface area contributed by atoms with Crippen LogP contribution in [0.3, 0.4) is 0 Å². The third kappa shape index (κ3) is 2.11. The van der Waals surface area contributed by atoms with Crippen molar-refractivity contribution in [2.75, 3.05) is 5.32 Å². The molecule has 0 aliphatic rings. The molecule has 0 saturated carbocycles. The predicted octanol–water partition coefficient (Wildman–Crippen LogP) is 2.44. The molecule has 2 rings (SSSR count). The first-order chi connectivity index (χ1) is 6.86. The van der Waals surface area contributed by atoms with Gasteiger partial charge in [0.1, 0.15) is 6.26 Å². The van der Waals surface area contributed by atoms with Crippen molar-refractivity contribution < 1.29 is 4.42 Å². The zero-order valence-electron chi connectivity index (χ0n) is 7.27. The second kappa shape index (κ2) is 4.23. The van der Waals surface area contributed by atoms with Gasteiger partial charge in [-0.25, -0.2) is 4.98 Å². The molecule has 0 radical (unpaired) electrons. The van der Waals surface area contributed by atoms with E-state index in [9.17, 15) is 0 Å². The molecule has 5 heteroatoms. The van der Waals surface area contributed by atoms with Gasteiger partial charge in [0.15, 0.2) is 6.39 Å². The third-order valence-corrected chi connectivity index (χ3v) is 2.35. The Bertz CT molecular complexity index is 402. The Labute approximate surface area is 89.5 Å². The van der Waals surface area contributed by atoms with E-state index in [1.807, 2.05) is 6.07 Å². The van der Waals surface area contributed by atoms with Crippen molar-refractivity contribution in [3.63, 3.8) is 0 Å². The average molecular weight is 254 g/mol. The summed E-state index contributed by atoms with van der Waals surface area (Å²) in [6.07, 6.45) is 6.50. The fraction of sp³-hybridized carbons (Fsp3) is 0.111. The van der Waals surface area contributed by atoms with Crippen LogP contribution in [0.1, 0.15) is 5.69 Å². The van der Waals surface area contributed by atoms with Crippen LogP contribution in [0, 0.1) is 0 Å². The maximum Gasteiger partial charge on any atom is 0.180 e. The maximum atomic E-state index is 4.86. The average Bonchev–Trinajstić information content (AvgIpc) is 2.69. The second-order valence-corrected chi connectivity index (χ2v) is 3.54. The lowest BCUT2D eigenvalue weighted by atomic mass is 10.4. The molecule has 0 unspecified atom stereocenters. The molecule has 14 heavy (non-hydrogen) atoms. The molecule has 0 spiro atoms. The molecule has 0 amide bonds. The van der Waals surface area contributed by atoms with Gasteiger partial charge in [-0.15, -0.1) is 0 Å². The van der Waals surface area contributed by atoms with Crippen molar-refractivity contribution in [2.45, 2.75) is 6.54 Å². The Morgan fingerprint density at radius 3 is 3.14 bits per heavy atom. The smallest absolute Gasteiger partial charge is 0.180 e. The van der Waals surface area contributed by atoms with Crippen LogP contribution in [-0.4, -0.2) is 9.97 Å². The SMILES string of the molecule is Brc1cnccc1NCc1cocn1. The highest BCUT2D eigenvalue weighted by Gasteiger charge is 1.99. The number of nitrogens with zero attached hydrogens (tertiary/aromatic N) is 2. The minimum atomic E-state index is 0.638. The molecule has 0 atom stereocenters. The number of hydrogen-bond acceptors (Lipinski definition) is 4. The molecule has 0 fully saturated rings. The number of aromatic nitrogens is 2. The van der Waals surface area contributed by atoms with E-state index in [0.29, 0.717) is 6.54 Å². The number of halogens is 1. The van der Waals surface area contributed by atoms with Gasteiger partial charge in [0.05, 0.1) is 22.4 Å². The molecule has 2 heterocycles. The Morgan fingerprint density at radius 1 is 1.50 bits per heavy atom. The molecular weight excluding hydrogens is 246 g/mol. The fourth-order valence-electron chi connectivity index (χ4n) is 1.03. The number of anilines is 1. The van der Waals surface area contributed by atoms with Crippen molar-refractivity contribution in [3.05, 3.63) is 41.3 Å². The van der Waals surface area contributed by atoms with E-state index in [1.54, 1.807) is 18.7 Å². The standard InChI is InChI=1S/C9H8BrN3O/c10-8-4-11-2-1-9(8)12-3-7-5-14-6-13-7/h1-2,4-6H,3H2,(H,11,12). The van der Waals surface area contributed by atoms with Crippen LogP contribution in [-0.2, 0) is 6.54 Å². The van der Waals surface area contributed by atoms with Gasteiger partial charge < -0.3 is 9.73 Å². The Balaban J connectivity index is 2.02. The van der Waals surface area contributed by atoms with Crippen LogP contribution >= 0.6 is 15.9 Å². The second-order valence-electron chi connectivity index (χ2n) is 2.69. The molecular formula is C9H8BrN3O. The summed E-state index contributed by atoms with van der Waals surface area (Å²) < 4.78 is 5.79. The summed E-state index contributed by atoms with van der Waals surface area (Å²) in [5.41, 5.74) is 1.86. The minimum absolute atomic E-state index is 0.638. The number of hydrogen-bond donors (Lipinski definition) is 1. The van der Waals surface area contributed by atoms with E-state index in [1.165, 1.54) is 6.39 Å². The molecule has 2 aromatic rings. The summed E-state index contributed by atoms with van der Waals surface area (Å²) in [5, 5.41) is 3.21. The highest BCUT2D eigenvalue weighted by Crippen LogP contribution is 2.20. The zero-order valence-corrected chi connectivity index (χ0v) is 8.86. The van der Waals surface area contributed by atoms with E-state index in [2.05, 4.69) is 31.2 Å². The molecule has 2 aromatic heterocycles. The summed E-state index contributed by atoms with van der Waals surface area (Å²) in [6.45, 7) is 0.638.